The van der Waals surface area contributed by atoms with E-state index >= 15 is 0 Å². The second kappa shape index (κ2) is 15.1. The van der Waals surface area contributed by atoms with E-state index in [1.54, 1.807) is 6.08 Å². The molecule has 0 bridgehead atoms. The molecule has 0 aromatic carbocycles. The van der Waals surface area contributed by atoms with E-state index in [4.69, 9.17) is 18.6 Å². The summed E-state index contributed by atoms with van der Waals surface area (Å²) in [5, 5.41) is 10.6. The van der Waals surface area contributed by atoms with Crippen molar-refractivity contribution in [3.05, 3.63) is 59.8 Å². The molecule has 5 atom stereocenters. The molecule has 2 aliphatic heterocycles. The maximum absolute atomic E-state index is 11.8. The van der Waals surface area contributed by atoms with Gasteiger partial charge in [-0.2, -0.15) is 0 Å². The van der Waals surface area contributed by atoms with Crippen molar-refractivity contribution in [2.45, 2.75) is 130 Å². The van der Waals surface area contributed by atoms with Crippen LogP contribution in [0.4, 0.5) is 0 Å². The van der Waals surface area contributed by atoms with Gasteiger partial charge in [0.05, 0.1) is 30.3 Å². The van der Waals surface area contributed by atoms with E-state index in [2.05, 4.69) is 53.4 Å². The molecule has 0 aromatic rings. The third kappa shape index (κ3) is 12.5. The summed E-state index contributed by atoms with van der Waals surface area (Å²) in [6, 6.07) is 0. The molecule has 0 saturated carbocycles. The topological polar surface area (TPSA) is 77.5 Å². The Labute approximate surface area is 250 Å². The van der Waals surface area contributed by atoms with E-state index in [0.29, 0.717) is 13.0 Å². The summed E-state index contributed by atoms with van der Waals surface area (Å²) < 4.78 is 23.9. The summed E-state index contributed by atoms with van der Waals surface area (Å²) >= 11 is 0. The van der Waals surface area contributed by atoms with Crippen LogP contribution >= 0.6 is 0 Å². The Morgan fingerprint density at radius 3 is 2.44 bits per heavy atom. The summed E-state index contributed by atoms with van der Waals surface area (Å²) in [5.74, 6) is -0.223. The monoisotopic (exact) mass is 588 g/mol. The Kier molecular flexibility index (Phi) is 13.0. The fourth-order valence-corrected chi connectivity index (χ4v) is 5.33. The average molecular weight is 589 g/mol. The van der Waals surface area contributed by atoms with Crippen LogP contribution in [0.3, 0.4) is 0 Å². The van der Waals surface area contributed by atoms with Crippen molar-refractivity contribution in [3.8, 4) is 0 Å². The Morgan fingerprint density at radius 2 is 1.80 bits per heavy atom. The fraction of sp³-hybridized carbons (Fsp3) is 0.676. The number of esters is 1. The quantitative estimate of drug-likeness (QED) is 0.0784. The van der Waals surface area contributed by atoms with Crippen LogP contribution in [0.25, 0.3) is 0 Å². The number of epoxide rings is 1. The Bertz CT molecular complexity index is 1010. The van der Waals surface area contributed by atoms with E-state index in [0.717, 1.165) is 24.8 Å². The lowest BCUT2D eigenvalue weighted by Gasteiger charge is -2.36. The van der Waals surface area contributed by atoms with Gasteiger partial charge in [0.25, 0.3) is 0 Å². The average Bonchev–Trinajstić information content (AvgIpc) is 3.61. The first kappa shape index (κ1) is 35.4. The summed E-state index contributed by atoms with van der Waals surface area (Å²) in [5.41, 5.74) is 2.93. The lowest BCUT2D eigenvalue weighted by molar-refractivity contribution is -0.151. The minimum absolute atomic E-state index is 0.00892. The fourth-order valence-electron chi connectivity index (χ4n) is 4.32. The first-order chi connectivity index (χ1) is 18.9. The number of aliphatic hydroxyl groups excluding tert-OH is 1. The van der Waals surface area contributed by atoms with Crippen LogP contribution in [0.5, 0.6) is 0 Å². The minimum Gasteiger partial charge on any atom is -0.461 e. The maximum atomic E-state index is 11.8. The van der Waals surface area contributed by atoms with Crippen LogP contribution in [0, 0.1) is 5.41 Å². The van der Waals surface area contributed by atoms with Crippen LogP contribution in [-0.2, 0) is 23.4 Å². The van der Waals surface area contributed by atoms with E-state index in [-0.39, 0.29) is 42.0 Å². The summed E-state index contributed by atoms with van der Waals surface area (Å²) in [6.45, 7) is 26.0. The molecule has 0 aromatic heterocycles. The standard InChI is InChI=1S/C34H56O6Si/c1-24(15-12-13-18-37-32(36)33(4,5)6)19-27(35)16-14-17-28-20-25(2)21-29(39-28)22-26(3)31-30(40-31)23-38-41(10,11)34(7,8)9/h12-16,22,27-31,35H,2,17-21,23H2,1,3-11H3/b13-12+,16-14+,24-15-,26-22+/t27?,28-,29-,30-,31-/m0/s1. The summed E-state index contributed by atoms with van der Waals surface area (Å²) in [7, 11) is -1.78. The third-order valence-electron chi connectivity index (χ3n) is 8.00. The zero-order valence-electron chi connectivity index (χ0n) is 27.3. The highest BCUT2D eigenvalue weighted by Gasteiger charge is 2.44. The SMILES string of the molecule is C=C1C[C@H](C/C=C/C(O)C/C(C)=C\C=C\COC(=O)C(C)(C)C)O[C@H](/C=C(\C)[C@@H]2O[C@H]2CO[Si](C)(C)C(C)(C)C)C1. The molecule has 41 heavy (non-hydrogen) atoms. The minimum atomic E-state index is -1.78. The summed E-state index contributed by atoms with van der Waals surface area (Å²) in [6.07, 6.45) is 14.3. The lowest BCUT2D eigenvalue weighted by atomic mass is 9.95. The molecule has 1 unspecified atom stereocenters. The Balaban J connectivity index is 1.77. The molecule has 0 amide bonds. The van der Waals surface area contributed by atoms with Gasteiger partial charge in [0.15, 0.2) is 8.32 Å². The normalized spacial score (nSPS) is 25.7. The molecule has 0 radical (unpaired) electrons. The van der Waals surface area contributed by atoms with Gasteiger partial charge in [-0.1, -0.05) is 68.9 Å². The van der Waals surface area contributed by atoms with E-state index in [1.807, 2.05) is 52.0 Å². The lowest BCUT2D eigenvalue weighted by Crippen LogP contribution is -2.41. The van der Waals surface area contributed by atoms with E-state index in [9.17, 15) is 9.90 Å². The van der Waals surface area contributed by atoms with Gasteiger partial charge in [-0.25, -0.2) is 0 Å². The third-order valence-corrected chi connectivity index (χ3v) is 12.5. The first-order valence-electron chi connectivity index (χ1n) is 15.0. The highest BCUT2D eigenvalue weighted by Crippen LogP contribution is 2.39. The largest absolute Gasteiger partial charge is 0.461 e. The van der Waals surface area contributed by atoms with Crippen molar-refractivity contribution in [3.63, 3.8) is 0 Å². The van der Waals surface area contributed by atoms with E-state index in [1.165, 1.54) is 11.1 Å². The van der Waals surface area contributed by atoms with Gasteiger partial charge in [-0.15, -0.1) is 0 Å². The number of allylic oxidation sites excluding steroid dienone is 2. The number of carbonyl (C=O) groups excluding carboxylic acids is 1. The molecule has 6 nitrogen and oxygen atoms in total. The number of carbonyl (C=O) groups is 1. The number of ether oxygens (including phenoxy) is 3. The van der Waals surface area contributed by atoms with Gasteiger partial charge in [0.2, 0.25) is 0 Å². The predicted octanol–water partition coefficient (Wildman–Crippen LogP) is 7.61. The van der Waals surface area contributed by atoms with Crippen LogP contribution < -0.4 is 0 Å². The van der Waals surface area contributed by atoms with Crippen LogP contribution in [-0.4, -0.2) is 63.1 Å². The molecule has 0 aliphatic carbocycles. The smallest absolute Gasteiger partial charge is 0.311 e. The second-order valence-electron chi connectivity index (χ2n) is 14.3. The molecule has 2 heterocycles. The zero-order chi connectivity index (χ0) is 31.0. The van der Waals surface area contributed by atoms with Crippen molar-refractivity contribution < 1.29 is 28.5 Å². The van der Waals surface area contributed by atoms with Gasteiger partial charge in [0, 0.05) is 0 Å². The van der Waals surface area contributed by atoms with Crippen molar-refractivity contribution in [2.75, 3.05) is 13.2 Å². The van der Waals surface area contributed by atoms with Gasteiger partial charge >= 0.3 is 5.97 Å². The highest BCUT2D eigenvalue weighted by atomic mass is 28.4. The molecule has 232 valence electrons. The Hall–Kier alpha value is -1.77. The molecule has 1 N–H and O–H groups in total. The molecule has 0 spiro atoms. The van der Waals surface area contributed by atoms with Crippen molar-refractivity contribution in [1.82, 2.24) is 0 Å². The first-order valence-corrected chi connectivity index (χ1v) is 17.9. The van der Waals surface area contributed by atoms with Gasteiger partial charge in [-0.3, -0.25) is 4.79 Å². The maximum Gasteiger partial charge on any atom is 0.311 e. The zero-order valence-corrected chi connectivity index (χ0v) is 28.3. The molecule has 2 saturated heterocycles. The molecular weight excluding hydrogens is 532 g/mol. The highest BCUT2D eigenvalue weighted by molar-refractivity contribution is 6.74. The molecule has 2 rings (SSSR count). The number of hydrogen-bond acceptors (Lipinski definition) is 6. The number of rotatable bonds is 13. The second-order valence-corrected chi connectivity index (χ2v) is 19.1. The molecule has 7 heteroatoms. The van der Waals surface area contributed by atoms with Crippen LogP contribution in [0.1, 0.15) is 81.1 Å². The molecule has 2 aliphatic rings. The van der Waals surface area contributed by atoms with Gasteiger partial charge < -0.3 is 23.7 Å². The molecule has 2 fully saturated rings. The van der Waals surface area contributed by atoms with Crippen LogP contribution in [0.15, 0.2) is 59.8 Å². The molecular formula is C34H56O6Si. The van der Waals surface area contributed by atoms with E-state index < -0.39 is 19.8 Å². The van der Waals surface area contributed by atoms with Crippen LogP contribution in [0.2, 0.25) is 18.1 Å². The summed E-state index contributed by atoms with van der Waals surface area (Å²) in [4.78, 5) is 11.8. The number of aliphatic hydroxyl groups is 1. The Morgan fingerprint density at radius 1 is 1.12 bits per heavy atom. The van der Waals surface area contributed by atoms with Crippen molar-refractivity contribution >= 4 is 14.3 Å². The van der Waals surface area contributed by atoms with Gasteiger partial charge in [0.1, 0.15) is 18.8 Å². The van der Waals surface area contributed by atoms with Gasteiger partial charge in [-0.05, 0) is 90.1 Å². The number of hydrogen-bond donors (Lipinski definition) is 1. The van der Waals surface area contributed by atoms with Crippen molar-refractivity contribution in [2.24, 2.45) is 5.41 Å². The predicted molar refractivity (Wildman–Crippen MR) is 170 cm³/mol. The van der Waals surface area contributed by atoms with Crippen molar-refractivity contribution in [1.29, 1.82) is 0 Å².